The van der Waals surface area contributed by atoms with Gasteiger partial charge in [-0.15, -0.1) is 5.10 Å². The number of nitrogens with one attached hydrogen (secondary N) is 2. The number of rotatable bonds is 16. The second kappa shape index (κ2) is 14.1. The highest BCUT2D eigenvalue weighted by Crippen LogP contribution is 2.24. The van der Waals surface area contributed by atoms with Crippen LogP contribution in [-0.4, -0.2) is 51.5 Å². The molecule has 1 atom stereocenters. The number of anilines is 1. The molecule has 3 rings (SSSR count). The highest BCUT2D eigenvalue weighted by atomic mass is 35.5. The van der Waals surface area contributed by atoms with Crippen molar-refractivity contribution < 1.29 is 19.1 Å². The van der Waals surface area contributed by atoms with Crippen LogP contribution >= 0.6 is 11.6 Å². The molecular weight excluding hydrogens is 482 g/mol. The Labute approximate surface area is 216 Å². The third-order valence-electron chi connectivity index (χ3n) is 6.00. The van der Waals surface area contributed by atoms with Crippen molar-refractivity contribution in [3.63, 3.8) is 0 Å². The first-order chi connectivity index (χ1) is 17.4. The number of carbonyl (C=O) groups excluding carboxylic acids is 2. The summed E-state index contributed by atoms with van der Waals surface area (Å²) < 4.78 is 12.4. The average molecular weight is 518 g/mol. The Bertz CT molecular complexity index is 1140. The number of hydrogen-bond acceptors (Lipinski definition) is 6. The first kappa shape index (κ1) is 27.8. The smallest absolute Gasteiger partial charge is 0.224 e. The van der Waals surface area contributed by atoms with E-state index in [4.69, 9.17) is 21.1 Å². The number of amides is 1. The largest absolute Gasteiger partial charge is 0.355 e. The minimum atomic E-state index is -0.162. The number of aromatic nitrogens is 4. The summed E-state index contributed by atoms with van der Waals surface area (Å²) >= 11 is 6.24. The van der Waals surface area contributed by atoms with Crippen LogP contribution in [0.5, 0.6) is 0 Å². The Morgan fingerprint density at radius 2 is 2.03 bits per heavy atom. The van der Waals surface area contributed by atoms with E-state index in [9.17, 15) is 9.59 Å². The van der Waals surface area contributed by atoms with Crippen LogP contribution in [0, 0.1) is 12.8 Å². The molecule has 0 aliphatic rings. The number of aryl methyl sites for hydroxylation is 1. The lowest BCUT2D eigenvalue weighted by Gasteiger charge is -2.14. The number of ketones is 1. The average Bonchev–Trinajstić information content (AvgIpc) is 3.39. The Kier molecular flexibility index (Phi) is 10.9. The predicted molar refractivity (Wildman–Crippen MR) is 140 cm³/mol. The van der Waals surface area contributed by atoms with E-state index in [0.717, 1.165) is 24.1 Å². The van der Waals surface area contributed by atoms with Crippen LogP contribution in [0.2, 0.25) is 5.02 Å². The number of H-pyrrole nitrogens is 1. The van der Waals surface area contributed by atoms with Gasteiger partial charge >= 0.3 is 0 Å². The van der Waals surface area contributed by atoms with Gasteiger partial charge in [0.1, 0.15) is 18.4 Å². The molecule has 36 heavy (non-hydrogen) atoms. The molecular formula is C26H36ClN5O4. The molecule has 0 spiro atoms. The fourth-order valence-electron chi connectivity index (χ4n) is 3.84. The van der Waals surface area contributed by atoms with Gasteiger partial charge in [0.15, 0.2) is 17.3 Å². The molecule has 1 aromatic carbocycles. The molecule has 0 aliphatic heterocycles. The lowest BCUT2D eigenvalue weighted by atomic mass is 10.0. The van der Waals surface area contributed by atoms with Crippen LogP contribution in [0.25, 0.3) is 17.0 Å². The molecule has 0 saturated carbocycles. The second-order valence-corrected chi connectivity index (χ2v) is 9.37. The molecule has 2 aromatic heterocycles. The molecule has 1 amide bonds. The molecule has 0 bridgehead atoms. The lowest BCUT2D eigenvalue weighted by molar-refractivity contribution is -0.130. The molecule has 2 N–H and O–H groups in total. The number of fused-ring (bicyclic) bond motifs is 1. The lowest BCUT2D eigenvalue weighted by Crippen LogP contribution is -2.15. The maximum Gasteiger partial charge on any atom is 0.224 e. The Morgan fingerprint density at radius 1 is 1.19 bits per heavy atom. The second-order valence-electron chi connectivity index (χ2n) is 9.00. The first-order valence-electron chi connectivity index (χ1n) is 12.6. The summed E-state index contributed by atoms with van der Waals surface area (Å²) in [4.78, 5) is 28.9. The van der Waals surface area contributed by atoms with Gasteiger partial charge in [0.2, 0.25) is 5.91 Å². The molecule has 196 valence electrons. The molecule has 0 radical (unpaired) electrons. The molecule has 1 unspecified atom stereocenters. The van der Waals surface area contributed by atoms with Crippen molar-refractivity contribution in [2.75, 3.05) is 25.3 Å². The van der Waals surface area contributed by atoms with Crippen LogP contribution in [0.1, 0.15) is 64.5 Å². The van der Waals surface area contributed by atoms with E-state index >= 15 is 0 Å². The van der Waals surface area contributed by atoms with Gasteiger partial charge in [-0.1, -0.05) is 56.8 Å². The standard InChI is InChI=1S/C26H36ClN5O4/c1-4-6-9-19(5-2)15-35-17-36-16-22(33)12-8-13-23(34)28-21-11-7-10-20(14-21)25-29-26-24(27)18(3)30-32(26)31-25/h7,10-11,14,19,30H,4-6,8-9,12-13,15-17H2,1-3H3,(H,28,34). The number of nitrogens with zero attached hydrogens (tertiary/aromatic N) is 3. The summed E-state index contributed by atoms with van der Waals surface area (Å²) in [5.74, 6) is 0.838. The minimum Gasteiger partial charge on any atom is -0.355 e. The zero-order valence-corrected chi connectivity index (χ0v) is 22.1. The molecule has 9 nitrogen and oxygen atoms in total. The minimum absolute atomic E-state index is 0.00460. The molecule has 2 heterocycles. The molecule has 0 saturated heterocycles. The number of hydrogen-bond donors (Lipinski definition) is 2. The molecule has 3 aromatic rings. The first-order valence-corrected chi connectivity index (χ1v) is 13.0. The van der Waals surface area contributed by atoms with E-state index in [1.54, 1.807) is 12.1 Å². The highest BCUT2D eigenvalue weighted by molar-refractivity contribution is 6.34. The normalized spacial score (nSPS) is 12.2. The van der Waals surface area contributed by atoms with Gasteiger partial charge in [0.25, 0.3) is 0 Å². The summed E-state index contributed by atoms with van der Waals surface area (Å²) in [6, 6.07) is 7.28. The van der Waals surface area contributed by atoms with E-state index < -0.39 is 0 Å². The quantitative estimate of drug-likeness (QED) is 0.190. The fraction of sp³-hybridized carbons (Fsp3) is 0.538. The summed E-state index contributed by atoms with van der Waals surface area (Å²) in [6.45, 7) is 6.98. The van der Waals surface area contributed by atoms with E-state index in [-0.39, 0.29) is 37.9 Å². The number of aromatic amines is 1. The van der Waals surface area contributed by atoms with Crippen molar-refractivity contribution >= 4 is 34.6 Å². The Hall–Kier alpha value is -2.75. The van der Waals surface area contributed by atoms with Crippen molar-refractivity contribution in [1.29, 1.82) is 0 Å². The third-order valence-corrected chi connectivity index (χ3v) is 6.45. The van der Waals surface area contributed by atoms with Crippen LogP contribution in [0.3, 0.4) is 0 Å². The maximum absolute atomic E-state index is 12.4. The van der Waals surface area contributed by atoms with Gasteiger partial charge in [-0.3, -0.25) is 14.7 Å². The number of unbranched alkanes of at least 4 members (excludes halogenated alkanes) is 1. The fourth-order valence-corrected chi connectivity index (χ4v) is 4.00. The zero-order chi connectivity index (χ0) is 25.9. The summed E-state index contributed by atoms with van der Waals surface area (Å²) in [5.41, 5.74) is 2.73. The number of carbonyl (C=O) groups is 2. The van der Waals surface area contributed by atoms with Gasteiger partial charge in [-0.2, -0.15) is 4.63 Å². The van der Waals surface area contributed by atoms with E-state index in [1.807, 2.05) is 19.1 Å². The summed E-state index contributed by atoms with van der Waals surface area (Å²) in [6.07, 6.45) is 5.60. The predicted octanol–water partition coefficient (Wildman–Crippen LogP) is 5.57. The SMILES string of the molecule is CCCCC(CC)COCOCC(=O)CCCC(=O)Nc1cccc(-c2nc3c(Cl)c(C)[nH]n3n2)c1. The maximum atomic E-state index is 12.4. The topological polar surface area (TPSA) is 111 Å². The number of Topliss-reactive ketones (excluding diaryl/α,β-unsaturated/α-hetero) is 1. The Morgan fingerprint density at radius 3 is 2.78 bits per heavy atom. The molecule has 0 fully saturated rings. The van der Waals surface area contributed by atoms with Crippen LogP contribution in [0.15, 0.2) is 24.3 Å². The zero-order valence-electron chi connectivity index (χ0n) is 21.3. The number of halogens is 1. The number of benzene rings is 1. The van der Waals surface area contributed by atoms with E-state index in [0.29, 0.717) is 41.1 Å². The summed E-state index contributed by atoms with van der Waals surface area (Å²) in [5, 5.41) is 10.8. The van der Waals surface area contributed by atoms with Gasteiger partial charge in [-0.25, -0.2) is 4.98 Å². The van der Waals surface area contributed by atoms with Gasteiger partial charge < -0.3 is 14.8 Å². The monoisotopic (exact) mass is 517 g/mol. The molecule has 10 heteroatoms. The number of ether oxygens (including phenoxy) is 2. The van der Waals surface area contributed by atoms with Crippen LogP contribution in [-0.2, 0) is 19.1 Å². The van der Waals surface area contributed by atoms with Crippen LogP contribution in [0.4, 0.5) is 5.69 Å². The Balaban J connectivity index is 1.35. The third kappa shape index (κ3) is 8.15. The van der Waals surface area contributed by atoms with E-state index in [1.165, 1.54) is 17.5 Å². The van der Waals surface area contributed by atoms with Crippen molar-refractivity contribution in [3.05, 3.63) is 35.0 Å². The molecule has 0 aliphatic carbocycles. The van der Waals surface area contributed by atoms with Crippen molar-refractivity contribution in [1.82, 2.24) is 19.8 Å². The van der Waals surface area contributed by atoms with Crippen molar-refractivity contribution in [2.45, 2.75) is 65.7 Å². The van der Waals surface area contributed by atoms with Crippen LogP contribution < -0.4 is 5.32 Å². The van der Waals surface area contributed by atoms with Crippen molar-refractivity contribution in [3.8, 4) is 11.4 Å². The van der Waals surface area contributed by atoms with E-state index in [2.05, 4.69) is 34.3 Å². The van der Waals surface area contributed by atoms with Crippen molar-refractivity contribution in [2.24, 2.45) is 5.92 Å². The van der Waals surface area contributed by atoms with Gasteiger partial charge in [-0.05, 0) is 37.8 Å². The van der Waals surface area contributed by atoms with Gasteiger partial charge in [0.05, 0.1) is 12.3 Å². The van der Waals surface area contributed by atoms with Gasteiger partial charge in [0, 0.05) is 24.1 Å². The highest BCUT2D eigenvalue weighted by Gasteiger charge is 2.14. The summed E-state index contributed by atoms with van der Waals surface area (Å²) in [7, 11) is 0.